The molecule has 0 aliphatic heterocycles. The van der Waals surface area contributed by atoms with E-state index in [2.05, 4.69) is 82.1 Å². The average molecular weight is 577 g/mol. The van der Waals surface area contributed by atoms with Crippen LogP contribution in [-0.4, -0.2) is 35.2 Å². The van der Waals surface area contributed by atoms with Gasteiger partial charge in [0.05, 0.1) is 20.8 Å². The summed E-state index contributed by atoms with van der Waals surface area (Å²) in [6, 6.07) is 26.4. The lowest BCUT2D eigenvalue weighted by molar-refractivity contribution is 0.00175. The molecule has 40 heavy (non-hydrogen) atoms. The van der Waals surface area contributed by atoms with Crippen LogP contribution in [0.2, 0.25) is 18.1 Å². The number of hydrogen-bond acceptors (Lipinski definition) is 4. The molecule has 0 amide bonds. The van der Waals surface area contributed by atoms with Crippen molar-refractivity contribution < 1.29 is 18.6 Å². The maximum absolute atomic E-state index is 7.01. The van der Waals surface area contributed by atoms with Gasteiger partial charge in [0, 0.05) is 12.0 Å². The normalized spacial score (nSPS) is 13.0. The molecule has 0 unspecified atom stereocenters. The molecule has 0 fully saturated rings. The van der Waals surface area contributed by atoms with Crippen LogP contribution in [0.3, 0.4) is 0 Å². The average Bonchev–Trinajstić information content (AvgIpc) is 2.95. The Morgan fingerprint density at radius 2 is 1.30 bits per heavy atom. The molecule has 0 radical (unpaired) electrons. The summed E-state index contributed by atoms with van der Waals surface area (Å²) in [6.45, 7) is 11.6. The Morgan fingerprint density at radius 3 is 1.75 bits per heavy atom. The van der Waals surface area contributed by atoms with Crippen LogP contribution in [0.4, 0.5) is 0 Å². The largest absolute Gasteiger partial charge is 0.497 e. The zero-order valence-electron chi connectivity index (χ0n) is 24.7. The highest BCUT2D eigenvalue weighted by Gasteiger charge is 2.40. The highest BCUT2D eigenvalue weighted by Crippen LogP contribution is 2.42. The number of allylic oxidation sites excluding steroid dienone is 1. The molecule has 0 heterocycles. The van der Waals surface area contributed by atoms with Gasteiger partial charge in [-0.2, -0.15) is 0 Å². The molecule has 3 rings (SSSR count). The quantitative estimate of drug-likeness (QED) is 0.130. The van der Waals surface area contributed by atoms with Gasteiger partial charge in [-0.3, -0.25) is 0 Å². The molecule has 0 saturated heterocycles. The summed E-state index contributed by atoms with van der Waals surface area (Å²) < 4.78 is 24.6. The van der Waals surface area contributed by atoms with Crippen LogP contribution >= 0.6 is 11.6 Å². The molecule has 3 aromatic rings. The fourth-order valence-electron chi connectivity index (χ4n) is 4.26. The predicted octanol–water partition coefficient (Wildman–Crippen LogP) is 8.55. The van der Waals surface area contributed by atoms with E-state index < -0.39 is 13.9 Å². The second-order valence-electron chi connectivity index (χ2n) is 11.1. The zero-order chi connectivity index (χ0) is 29.2. The van der Waals surface area contributed by atoms with E-state index in [-0.39, 0.29) is 11.1 Å². The number of hydrogen-bond donors (Lipinski definition) is 0. The molecule has 0 spiro atoms. The Bertz CT molecular complexity index is 1240. The monoisotopic (exact) mass is 576 g/mol. The molecular formula is C34H41ClO4Si. The van der Waals surface area contributed by atoms with Gasteiger partial charge in [0.1, 0.15) is 23.2 Å². The number of methoxy groups -OCH3 is 2. The van der Waals surface area contributed by atoms with E-state index in [4.69, 9.17) is 30.2 Å². The standard InChI is InChI=1S/C34H41ClO4Si/c1-33(2,3)40(6,7)39-32(15-11-12-25-35)24-26-38-34(27-13-9-8-10-14-27,28-16-20-30(36-4)21-17-28)29-18-22-31(37-5)23-19-29/h8-10,12-14,16-23,25,32H,24,26H2,1-7H3/b25-12+/t32-/m1/s1. The van der Waals surface area contributed by atoms with Crippen LogP contribution in [0.5, 0.6) is 11.5 Å². The van der Waals surface area contributed by atoms with Gasteiger partial charge in [0.25, 0.3) is 0 Å². The summed E-state index contributed by atoms with van der Waals surface area (Å²) >= 11 is 5.74. The maximum Gasteiger partial charge on any atom is 0.193 e. The number of halogens is 1. The fraction of sp³-hybridized carbons (Fsp3) is 0.353. The predicted molar refractivity (Wildman–Crippen MR) is 168 cm³/mol. The molecule has 4 nitrogen and oxygen atoms in total. The van der Waals surface area contributed by atoms with Crippen LogP contribution in [0, 0.1) is 11.8 Å². The lowest BCUT2D eigenvalue weighted by Crippen LogP contribution is -2.44. The van der Waals surface area contributed by atoms with E-state index in [1.165, 1.54) is 5.54 Å². The Morgan fingerprint density at radius 1 is 0.800 bits per heavy atom. The van der Waals surface area contributed by atoms with Gasteiger partial charge in [-0.25, -0.2) is 0 Å². The molecule has 3 aromatic carbocycles. The third kappa shape index (κ3) is 7.59. The number of benzene rings is 3. The lowest BCUT2D eigenvalue weighted by Gasteiger charge is -2.39. The van der Waals surface area contributed by atoms with E-state index in [1.54, 1.807) is 20.3 Å². The first-order chi connectivity index (χ1) is 19.1. The zero-order valence-corrected chi connectivity index (χ0v) is 26.4. The smallest absolute Gasteiger partial charge is 0.193 e. The topological polar surface area (TPSA) is 36.9 Å². The SMILES string of the molecule is COc1ccc(C(OCC[C@@H](C#C/C=C/Cl)O[Si](C)(C)C(C)(C)C)(c2ccccc2)c2ccc(OC)cc2)cc1. The van der Waals surface area contributed by atoms with Gasteiger partial charge in [0.2, 0.25) is 0 Å². The highest BCUT2D eigenvalue weighted by molar-refractivity contribution is 6.74. The van der Waals surface area contributed by atoms with E-state index in [9.17, 15) is 0 Å². The van der Waals surface area contributed by atoms with Crippen molar-refractivity contribution in [3.8, 4) is 23.3 Å². The summed E-state index contributed by atoms with van der Waals surface area (Å²) in [6.07, 6.45) is 1.93. The second kappa shape index (κ2) is 14.1. The maximum atomic E-state index is 7.01. The molecule has 0 aromatic heterocycles. The molecule has 1 atom stereocenters. The van der Waals surface area contributed by atoms with Crippen LogP contribution in [-0.2, 0) is 14.8 Å². The summed E-state index contributed by atoms with van der Waals surface area (Å²) in [5, 5.41) is 0.0517. The fourth-order valence-corrected chi connectivity index (χ4v) is 5.56. The minimum Gasteiger partial charge on any atom is -0.497 e. The third-order valence-corrected chi connectivity index (χ3v) is 12.1. The second-order valence-corrected chi connectivity index (χ2v) is 16.1. The van der Waals surface area contributed by atoms with Gasteiger partial charge < -0.3 is 18.6 Å². The lowest BCUT2D eigenvalue weighted by atomic mass is 9.80. The van der Waals surface area contributed by atoms with Crippen molar-refractivity contribution >= 4 is 19.9 Å². The van der Waals surface area contributed by atoms with Gasteiger partial charge >= 0.3 is 0 Å². The van der Waals surface area contributed by atoms with E-state index >= 15 is 0 Å². The molecule has 0 saturated carbocycles. The van der Waals surface area contributed by atoms with Crippen molar-refractivity contribution in [1.29, 1.82) is 0 Å². The Labute approximate surface area is 246 Å². The van der Waals surface area contributed by atoms with Gasteiger partial charge in [-0.1, -0.05) is 98.8 Å². The van der Waals surface area contributed by atoms with Crippen molar-refractivity contribution in [2.45, 2.75) is 57.0 Å². The van der Waals surface area contributed by atoms with Gasteiger partial charge in [-0.15, -0.1) is 0 Å². The van der Waals surface area contributed by atoms with Crippen LogP contribution in [0.15, 0.2) is 90.5 Å². The minimum atomic E-state index is -2.08. The first kappa shape index (κ1) is 31.5. The van der Waals surface area contributed by atoms with E-state index in [0.29, 0.717) is 13.0 Å². The first-order valence-electron chi connectivity index (χ1n) is 13.5. The molecule has 0 bridgehead atoms. The molecule has 0 N–H and O–H groups in total. The van der Waals surface area contributed by atoms with Crippen LogP contribution in [0.1, 0.15) is 43.9 Å². The summed E-state index contributed by atoms with van der Waals surface area (Å²) in [7, 11) is 1.26. The Hall–Kier alpha value is -3.01. The molecule has 0 aliphatic rings. The van der Waals surface area contributed by atoms with Gasteiger partial charge in [-0.05, 0) is 65.2 Å². The van der Waals surface area contributed by atoms with Crippen molar-refractivity contribution in [1.82, 2.24) is 0 Å². The molecule has 6 heteroatoms. The molecular weight excluding hydrogens is 536 g/mol. The Kier molecular flexibility index (Phi) is 11.1. The summed E-state index contributed by atoms with van der Waals surface area (Å²) in [5.74, 6) is 7.86. The summed E-state index contributed by atoms with van der Waals surface area (Å²) in [4.78, 5) is 0. The van der Waals surface area contributed by atoms with Crippen molar-refractivity contribution in [3.63, 3.8) is 0 Å². The molecule has 0 aliphatic carbocycles. The number of rotatable bonds is 11. The van der Waals surface area contributed by atoms with Crippen LogP contribution in [0.25, 0.3) is 0 Å². The minimum absolute atomic E-state index is 0.0517. The molecule has 212 valence electrons. The van der Waals surface area contributed by atoms with E-state index in [0.717, 1.165) is 28.2 Å². The van der Waals surface area contributed by atoms with Gasteiger partial charge in [0.15, 0.2) is 8.32 Å². The number of ether oxygens (including phenoxy) is 3. The van der Waals surface area contributed by atoms with Crippen molar-refractivity contribution in [2.75, 3.05) is 20.8 Å². The summed E-state index contributed by atoms with van der Waals surface area (Å²) in [5.41, 5.74) is 3.53. The van der Waals surface area contributed by atoms with E-state index in [1.807, 2.05) is 42.5 Å². The Balaban J connectivity index is 2.07. The third-order valence-electron chi connectivity index (χ3n) is 7.51. The first-order valence-corrected chi connectivity index (χ1v) is 16.8. The highest BCUT2D eigenvalue weighted by atomic mass is 35.5. The van der Waals surface area contributed by atoms with Crippen molar-refractivity contribution in [3.05, 3.63) is 107 Å². The van der Waals surface area contributed by atoms with Crippen molar-refractivity contribution in [2.24, 2.45) is 0 Å². The van der Waals surface area contributed by atoms with Crippen LogP contribution < -0.4 is 9.47 Å².